The van der Waals surface area contributed by atoms with E-state index < -0.39 is 0 Å². The monoisotopic (exact) mass is 325 g/mol. The number of ether oxygens (including phenoxy) is 1. The molecule has 0 heterocycles. The number of hydrogen-bond acceptors (Lipinski definition) is 2. The predicted octanol–water partition coefficient (Wildman–Crippen LogP) is 5.51. The van der Waals surface area contributed by atoms with Gasteiger partial charge in [-0.05, 0) is 67.8 Å². The van der Waals surface area contributed by atoms with E-state index >= 15 is 0 Å². The SMILES string of the molecule is CCCCCCOc1ccc(NC(=O)c2ccc(C)c(C)c2)cc1. The Hall–Kier alpha value is -2.29. The first-order valence-corrected chi connectivity index (χ1v) is 8.71. The number of benzene rings is 2. The Morgan fingerprint density at radius 2 is 1.71 bits per heavy atom. The number of nitrogens with one attached hydrogen (secondary N) is 1. The number of carbonyl (C=O) groups excluding carboxylic acids is 1. The number of hydrogen-bond donors (Lipinski definition) is 1. The van der Waals surface area contributed by atoms with E-state index in [4.69, 9.17) is 4.74 Å². The first-order valence-electron chi connectivity index (χ1n) is 8.71. The molecule has 128 valence electrons. The van der Waals surface area contributed by atoms with Gasteiger partial charge in [0.1, 0.15) is 5.75 Å². The molecular weight excluding hydrogens is 298 g/mol. The molecule has 0 bridgehead atoms. The molecular formula is C21H27NO2. The van der Waals surface area contributed by atoms with Crippen LogP contribution in [0.3, 0.4) is 0 Å². The van der Waals surface area contributed by atoms with Crippen LogP contribution in [0.4, 0.5) is 5.69 Å². The van der Waals surface area contributed by atoms with Crippen LogP contribution in [0.1, 0.15) is 54.1 Å². The van der Waals surface area contributed by atoms with Gasteiger partial charge in [-0.2, -0.15) is 0 Å². The largest absolute Gasteiger partial charge is 0.494 e. The fourth-order valence-electron chi connectivity index (χ4n) is 2.44. The van der Waals surface area contributed by atoms with Crippen LogP contribution in [-0.4, -0.2) is 12.5 Å². The van der Waals surface area contributed by atoms with Crippen LogP contribution >= 0.6 is 0 Å². The zero-order chi connectivity index (χ0) is 17.4. The summed E-state index contributed by atoms with van der Waals surface area (Å²) in [5, 5.41) is 2.92. The minimum absolute atomic E-state index is 0.0914. The van der Waals surface area contributed by atoms with E-state index in [0.717, 1.165) is 30.0 Å². The fourth-order valence-corrected chi connectivity index (χ4v) is 2.44. The minimum Gasteiger partial charge on any atom is -0.494 e. The van der Waals surface area contributed by atoms with Crippen LogP contribution < -0.4 is 10.1 Å². The molecule has 0 radical (unpaired) electrons. The molecule has 0 aliphatic rings. The normalized spacial score (nSPS) is 10.5. The average Bonchev–Trinajstić information content (AvgIpc) is 2.58. The molecule has 0 fully saturated rings. The van der Waals surface area contributed by atoms with Gasteiger partial charge in [0.25, 0.3) is 5.91 Å². The van der Waals surface area contributed by atoms with Crippen LogP contribution in [-0.2, 0) is 0 Å². The van der Waals surface area contributed by atoms with E-state index in [9.17, 15) is 4.79 Å². The van der Waals surface area contributed by atoms with Crippen LogP contribution in [0.2, 0.25) is 0 Å². The number of aryl methyl sites for hydroxylation is 2. The molecule has 3 heteroatoms. The summed E-state index contributed by atoms with van der Waals surface area (Å²) < 4.78 is 5.71. The summed E-state index contributed by atoms with van der Waals surface area (Å²) in [6.45, 7) is 7.00. The molecule has 2 aromatic rings. The standard InChI is InChI=1S/C21H27NO2/c1-4-5-6-7-14-24-20-12-10-19(11-13-20)22-21(23)18-9-8-16(2)17(3)15-18/h8-13,15H,4-7,14H2,1-3H3,(H,22,23). The maximum atomic E-state index is 12.3. The Morgan fingerprint density at radius 3 is 2.38 bits per heavy atom. The highest BCUT2D eigenvalue weighted by molar-refractivity contribution is 6.04. The van der Waals surface area contributed by atoms with Gasteiger partial charge in [0.15, 0.2) is 0 Å². The van der Waals surface area contributed by atoms with Crippen molar-refractivity contribution < 1.29 is 9.53 Å². The Kier molecular flexibility index (Phi) is 6.86. The molecule has 0 aliphatic carbocycles. The molecule has 1 amide bonds. The van der Waals surface area contributed by atoms with Crippen molar-refractivity contribution in [3.8, 4) is 5.75 Å². The zero-order valence-corrected chi connectivity index (χ0v) is 14.9. The van der Waals surface area contributed by atoms with Crippen LogP contribution in [0.25, 0.3) is 0 Å². The molecule has 0 unspecified atom stereocenters. The average molecular weight is 325 g/mol. The van der Waals surface area contributed by atoms with Crippen molar-refractivity contribution in [2.75, 3.05) is 11.9 Å². The zero-order valence-electron chi connectivity index (χ0n) is 14.9. The predicted molar refractivity (Wildman–Crippen MR) is 99.9 cm³/mol. The highest BCUT2D eigenvalue weighted by Gasteiger charge is 2.07. The highest BCUT2D eigenvalue weighted by Crippen LogP contribution is 2.18. The lowest BCUT2D eigenvalue weighted by Crippen LogP contribution is -2.12. The lowest BCUT2D eigenvalue weighted by Gasteiger charge is -2.09. The molecule has 0 saturated carbocycles. The number of anilines is 1. The van der Waals surface area contributed by atoms with Gasteiger partial charge >= 0.3 is 0 Å². The summed E-state index contributed by atoms with van der Waals surface area (Å²) in [5.74, 6) is 0.752. The molecule has 1 N–H and O–H groups in total. The van der Waals surface area contributed by atoms with Crippen LogP contribution in [0, 0.1) is 13.8 Å². The van der Waals surface area contributed by atoms with Gasteiger partial charge in [-0.3, -0.25) is 4.79 Å². The van der Waals surface area contributed by atoms with Gasteiger partial charge in [0.2, 0.25) is 0 Å². The Bertz CT molecular complexity index is 662. The second-order valence-electron chi connectivity index (χ2n) is 6.19. The van der Waals surface area contributed by atoms with E-state index in [0.29, 0.717) is 5.56 Å². The molecule has 0 aromatic heterocycles. The van der Waals surface area contributed by atoms with Crippen molar-refractivity contribution in [1.29, 1.82) is 0 Å². The lowest BCUT2D eigenvalue weighted by molar-refractivity contribution is 0.102. The van der Waals surface area contributed by atoms with Crippen molar-refractivity contribution >= 4 is 11.6 Å². The molecule has 2 rings (SSSR count). The lowest BCUT2D eigenvalue weighted by atomic mass is 10.1. The van der Waals surface area contributed by atoms with E-state index in [1.807, 2.05) is 56.3 Å². The Balaban J connectivity index is 1.86. The summed E-state index contributed by atoms with van der Waals surface area (Å²) in [6.07, 6.45) is 4.78. The van der Waals surface area contributed by atoms with Crippen LogP contribution in [0.15, 0.2) is 42.5 Å². The smallest absolute Gasteiger partial charge is 0.255 e. The van der Waals surface area contributed by atoms with E-state index in [2.05, 4.69) is 12.2 Å². The number of amides is 1. The molecule has 0 aliphatic heterocycles. The van der Waals surface area contributed by atoms with E-state index in [-0.39, 0.29) is 5.91 Å². The van der Waals surface area contributed by atoms with Gasteiger partial charge < -0.3 is 10.1 Å². The van der Waals surface area contributed by atoms with Gasteiger partial charge in [0, 0.05) is 11.3 Å². The number of carbonyl (C=O) groups is 1. The second kappa shape index (κ2) is 9.11. The highest BCUT2D eigenvalue weighted by atomic mass is 16.5. The first kappa shape index (κ1) is 18.1. The number of unbranched alkanes of at least 4 members (excludes halogenated alkanes) is 3. The summed E-state index contributed by atoms with van der Waals surface area (Å²) >= 11 is 0. The quantitative estimate of drug-likeness (QED) is 0.649. The van der Waals surface area contributed by atoms with Crippen molar-refractivity contribution in [3.63, 3.8) is 0 Å². The van der Waals surface area contributed by atoms with Crippen molar-refractivity contribution in [2.45, 2.75) is 46.5 Å². The van der Waals surface area contributed by atoms with Gasteiger partial charge in [-0.15, -0.1) is 0 Å². The van der Waals surface area contributed by atoms with Crippen LogP contribution in [0.5, 0.6) is 5.75 Å². The first-order chi connectivity index (χ1) is 11.6. The maximum absolute atomic E-state index is 12.3. The molecule has 0 atom stereocenters. The second-order valence-corrected chi connectivity index (χ2v) is 6.19. The Morgan fingerprint density at radius 1 is 0.958 bits per heavy atom. The minimum atomic E-state index is -0.0914. The third-order valence-corrected chi connectivity index (χ3v) is 4.15. The third-order valence-electron chi connectivity index (χ3n) is 4.15. The maximum Gasteiger partial charge on any atom is 0.255 e. The molecule has 0 spiro atoms. The van der Waals surface area contributed by atoms with Gasteiger partial charge in [-0.25, -0.2) is 0 Å². The van der Waals surface area contributed by atoms with Gasteiger partial charge in [-0.1, -0.05) is 32.3 Å². The number of rotatable bonds is 8. The summed E-state index contributed by atoms with van der Waals surface area (Å²) in [4.78, 5) is 12.3. The van der Waals surface area contributed by atoms with Gasteiger partial charge in [0.05, 0.1) is 6.61 Å². The Labute approximate surface area is 145 Å². The molecule has 24 heavy (non-hydrogen) atoms. The molecule has 3 nitrogen and oxygen atoms in total. The van der Waals surface area contributed by atoms with Crippen molar-refractivity contribution in [2.24, 2.45) is 0 Å². The fraction of sp³-hybridized carbons (Fsp3) is 0.381. The van der Waals surface area contributed by atoms with E-state index in [1.165, 1.54) is 24.8 Å². The summed E-state index contributed by atoms with van der Waals surface area (Å²) in [6, 6.07) is 13.3. The topological polar surface area (TPSA) is 38.3 Å². The molecule has 0 saturated heterocycles. The summed E-state index contributed by atoms with van der Waals surface area (Å²) in [7, 11) is 0. The molecule has 2 aromatic carbocycles. The van der Waals surface area contributed by atoms with Crippen molar-refractivity contribution in [3.05, 3.63) is 59.2 Å². The third kappa shape index (κ3) is 5.41. The summed E-state index contributed by atoms with van der Waals surface area (Å²) in [5.41, 5.74) is 3.76. The van der Waals surface area contributed by atoms with E-state index in [1.54, 1.807) is 0 Å². The van der Waals surface area contributed by atoms with Crippen molar-refractivity contribution in [1.82, 2.24) is 0 Å².